The van der Waals surface area contributed by atoms with Gasteiger partial charge in [0.25, 0.3) is 0 Å². The van der Waals surface area contributed by atoms with Crippen molar-refractivity contribution in [1.82, 2.24) is 0 Å². The summed E-state index contributed by atoms with van der Waals surface area (Å²) in [5.74, 6) is 2.52. The molecule has 0 saturated heterocycles. The van der Waals surface area contributed by atoms with Crippen molar-refractivity contribution in [1.29, 1.82) is 0 Å². The van der Waals surface area contributed by atoms with Crippen LogP contribution in [-0.2, 0) is 13.0 Å². The average molecular weight is 373 g/mol. The Hall–Kier alpha value is -2.24. The van der Waals surface area contributed by atoms with Crippen molar-refractivity contribution >= 4 is 0 Å². The molecule has 0 spiro atoms. The molecule has 0 amide bonds. The van der Waals surface area contributed by atoms with E-state index in [0.717, 1.165) is 43.2 Å². The summed E-state index contributed by atoms with van der Waals surface area (Å²) in [7, 11) is 5.11. The van der Waals surface area contributed by atoms with Gasteiger partial charge in [-0.1, -0.05) is 19.1 Å². The van der Waals surface area contributed by atoms with Gasteiger partial charge in [0.15, 0.2) is 17.5 Å². The first-order valence-corrected chi connectivity index (χ1v) is 9.66. The van der Waals surface area contributed by atoms with Gasteiger partial charge in [0.2, 0.25) is 0 Å². The zero-order valence-electron chi connectivity index (χ0n) is 16.9. The lowest BCUT2D eigenvalue weighted by Crippen LogP contribution is -3.14. The van der Waals surface area contributed by atoms with Gasteiger partial charge in [-0.25, -0.2) is 0 Å². The smallest absolute Gasteiger partial charge is 0.166 e. The first-order valence-electron chi connectivity index (χ1n) is 9.66. The van der Waals surface area contributed by atoms with Crippen molar-refractivity contribution in [2.24, 2.45) is 0 Å². The van der Waals surface area contributed by atoms with E-state index >= 15 is 0 Å². The molecule has 1 unspecified atom stereocenters. The van der Waals surface area contributed by atoms with Gasteiger partial charge in [0.05, 0.1) is 27.9 Å². The maximum absolute atomic E-state index is 5.58. The summed E-state index contributed by atoms with van der Waals surface area (Å²) >= 11 is 0. The number of methoxy groups -OCH3 is 3. The van der Waals surface area contributed by atoms with Crippen molar-refractivity contribution in [3.63, 3.8) is 0 Å². The molecule has 0 saturated carbocycles. The maximum atomic E-state index is 5.58. The van der Waals surface area contributed by atoms with Crippen LogP contribution in [0.15, 0.2) is 36.4 Å². The highest BCUT2D eigenvalue weighted by molar-refractivity contribution is 5.49. The fraction of sp³-hybridized carbons (Fsp3) is 0.455. The fourth-order valence-corrected chi connectivity index (χ4v) is 4.18. The second-order valence-corrected chi connectivity index (χ2v) is 7.24. The van der Waals surface area contributed by atoms with E-state index in [2.05, 4.69) is 43.0 Å². The number of hydrogen-bond donors (Lipinski definition) is 2. The van der Waals surface area contributed by atoms with Gasteiger partial charge in [-0.3, -0.25) is 0 Å². The third-order valence-corrected chi connectivity index (χ3v) is 5.70. The topological polar surface area (TPSA) is 59.8 Å². The molecule has 0 aliphatic carbocycles. The summed E-state index contributed by atoms with van der Waals surface area (Å²) in [6, 6.07) is 13.4. The van der Waals surface area contributed by atoms with Crippen LogP contribution in [0.4, 0.5) is 0 Å². The summed E-state index contributed by atoms with van der Waals surface area (Å²) in [6.07, 6.45) is 2.07. The summed E-state index contributed by atoms with van der Waals surface area (Å²) in [6.45, 7) is 4.26. The molecule has 146 valence electrons. The number of rotatable bonds is 7. The second kappa shape index (κ2) is 8.63. The minimum atomic E-state index is 0.336. The molecule has 1 heterocycles. The van der Waals surface area contributed by atoms with E-state index in [4.69, 9.17) is 14.2 Å². The summed E-state index contributed by atoms with van der Waals surface area (Å²) in [4.78, 5) is 1.55. The molecule has 4 N–H and O–H groups in total. The van der Waals surface area contributed by atoms with Crippen LogP contribution in [0.2, 0.25) is 0 Å². The summed E-state index contributed by atoms with van der Waals surface area (Å²) < 4.78 is 16.5. The molecule has 1 aliphatic rings. The van der Waals surface area contributed by atoms with Crippen LogP contribution in [0, 0.1) is 0 Å². The Labute approximate surface area is 162 Å². The van der Waals surface area contributed by atoms with E-state index in [1.165, 1.54) is 16.7 Å². The Kier molecular flexibility index (Phi) is 6.24. The lowest BCUT2D eigenvalue weighted by atomic mass is 9.86. The molecule has 0 radical (unpaired) electrons. The van der Waals surface area contributed by atoms with E-state index in [1.54, 1.807) is 26.2 Å². The van der Waals surface area contributed by atoms with Crippen molar-refractivity contribution in [3.8, 4) is 17.2 Å². The van der Waals surface area contributed by atoms with Gasteiger partial charge in [0.1, 0.15) is 18.3 Å². The lowest BCUT2D eigenvalue weighted by molar-refractivity contribution is -0.957. The number of ether oxygens (including phenoxy) is 3. The van der Waals surface area contributed by atoms with E-state index < -0.39 is 0 Å². The van der Waals surface area contributed by atoms with Crippen LogP contribution in [0.5, 0.6) is 17.2 Å². The Balaban J connectivity index is 1.96. The van der Waals surface area contributed by atoms with Gasteiger partial charge in [-0.05, 0) is 29.8 Å². The van der Waals surface area contributed by atoms with Crippen LogP contribution in [-0.4, -0.2) is 33.9 Å². The van der Waals surface area contributed by atoms with Crippen LogP contribution in [0.1, 0.15) is 36.1 Å². The summed E-state index contributed by atoms with van der Waals surface area (Å²) in [5.41, 5.74) is 8.48. The Morgan fingerprint density at radius 3 is 2.48 bits per heavy atom. The van der Waals surface area contributed by atoms with Crippen molar-refractivity contribution in [2.75, 3.05) is 27.9 Å². The first kappa shape index (κ1) is 19.5. The summed E-state index contributed by atoms with van der Waals surface area (Å²) in [5, 5.41) is 0. The van der Waals surface area contributed by atoms with Crippen molar-refractivity contribution in [3.05, 3.63) is 53.1 Å². The van der Waals surface area contributed by atoms with E-state index in [1.807, 2.05) is 6.07 Å². The van der Waals surface area contributed by atoms with Gasteiger partial charge in [-0.2, -0.15) is 0 Å². The molecular weight excluding hydrogens is 340 g/mol. The van der Waals surface area contributed by atoms with Crippen LogP contribution >= 0.6 is 0 Å². The number of benzene rings is 2. The molecule has 0 fully saturated rings. The van der Waals surface area contributed by atoms with Crippen molar-refractivity contribution in [2.45, 2.75) is 38.4 Å². The highest BCUT2D eigenvalue weighted by Crippen LogP contribution is 2.35. The number of nitrogens with one attached hydrogen (secondary N) is 1. The molecular formula is C22H32N2O3+2. The minimum Gasteiger partial charge on any atom is -0.497 e. The quantitative estimate of drug-likeness (QED) is 0.773. The molecule has 0 aromatic heterocycles. The predicted octanol–water partition coefficient (Wildman–Crippen LogP) is 1.42. The van der Waals surface area contributed by atoms with Gasteiger partial charge < -0.3 is 24.8 Å². The monoisotopic (exact) mass is 372 g/mol. The molecule has 5 heteroatoms. The average Bonchev–Trinajstić information content (AvgIpc) is 2.72. The third kappa shape index (κ3) is 4.04. The molecule has 3 rings (SSSR count). The zero-order valence-corrected chi connectivity index (χ0v) is 16.9. The molecule has 27 heavy (non-hydrogen) atoms. The van der Waals surface area contributed by atoms with Crippen LogP contribution < -0.4 is 24.8 Å². The van der Waals surface area contributed by atoms with Gasteiger partial charge in [0, 0.05) is 24.0 Å². The number of quaternary nitrogens is 2. The van der Waals surface area contributed by atoms with E-state index in [9.17, 15) is 0 Å². The SMILES string of the molecule is CC[C@@H]([NH3+])[C@@H]1c2cc(OC)c(OC)cc2CC[NH+]1Cc1cccc(OC)c1. The highest BCUT2D eigenvalue weighted by atomic mass is 16.5. The molecule has 1 aliphatic heterocycles. The van der Waals surface area contributed by atoms with E-state index in [0.29, 0.717) is 12.1 Å². The first-order chi connectivity index (χ1) is 13.1. The van der Waals surface area contributed by atoms with Gasteiger partial charge in [-0.15, -0.1) is 0 Å². The third-order valence-electron chi connectivity index (χ3n) is 5.70. The standard InChI is InChI=1S/C22H30N2O3/c1-5-19(23)22-18-13-21(27-4)20(26-3)12-16(18)9-10-24(22)14-15-7-6-8-17(11-15)25-2/h6-8,11-13,19,22H,5,9-10,14,23H2,1-4H3/p+2/t19-,22+/m1/s1. The fourth-order valence-electron chi connectivity index (χ4n) is 4.18. The molecule has 5 nitrogen and oxygen atoms in total. The lowest BCUT2D eigenvalue weighted by Gasteiger charge is -2.36. The number of fused-ring (bicyclic) bond motifs is 1. The van der Waals surface area contributed by atoms with Gasteiger partial charge >= 0.3 is 0 Å². The predicted molar refractivity (Wildman–Crippen MR) is 105 cm³/mol. The minimum absolute atomic E-state index is 0.336. The normalized spacial score (nSPS) is 19.9. The Morgan fingerprint density at radius 2 is 1.81 bits per heavy atom. The van der Waals surface area contributed by atoms with Crippen LogP contribution in [0.25, 0.3) is 0 Å². The van der Waals surface area contributed by atoms with E-state index in [-0.39, 0.29) is 0 Å². The maximum Gasteiger partial charge on any atom is 0.166 e. The molecule has 3 atom stereocenters. The van der Waals surface area contributed by atoms with Crippen LogP contribution in [0.3, 0.4) is 0 Å². The second-order valence-electron chi connectivity index (χ2n) is 7.24. The largest absolute Gasteiger partial charge is 0.497 e. The Morgan fingerprint density at radius 1 is 1.07 bits per heavy atom. The highest BCUT2D eigenvalue weighted by Gasteiger charge is 2.38. The molecule has 0 bridgehead atoms. The molecule has 2 aromatic carbocycles. The molecule has 2 aromatic rings. The van der Waals surface area contributed by atoms with Crippen molar-refractivity contribution < 1.29 is 24.8 Å². The Bertz CT molecular complexity index is 778. The zero-order chi connectivity index (χ0) is 19.4. The number of hydrogen-bond acceptors (Lipinski definition) is 3.